The molecule has 2 aromatic heterocycles. The monoisotopic (exact) mass is 441 g/mol. The van der Waals surface area contributed by atoms with Gasteiger partial charge in [0.1, 0.15) is 5.82 Å². The average molecular weight is 442 g/mol. The molecule has 0 fully saturated rings. The van der Waals surface area contributed by atoms with Crippen LogP contribution in [-0.2, 0) is 22.0 Å². The molecule has 2 atom stereocenters. The van der Waals surface area contributed by atoms with Crippen LogP contribution in [0, 0.1) is 5.82 Å². The van der Waals surface area contributed by atoms with E-state index in [2.05, 4.69) is 24.8 Å². The summed E-state index contributed by atoms with van der Waals surface area (Å²) in [6.45, 7) is 3.24. The van der Waals surface area contributed by atoms with Crippen LogP contribution < -0.4 is 4.90 Å². The van der Waals surface area contributed by atoms with E-state index in [1.54, 1.807) is 31.8 Å². The number of rotatable bonds is 7. The first kappa shape index (κ1) is 21.5. The molecular formula is C22H24FN5O2S. The Labute approximate surface area is 183 Å². The number of fused-ring (bicyclic) bond motifs is 1. The SMILES string of the molecule is COCCCS(=O)c1cc(F)cc(N2CCc3nc(-c4ncccn4)ncc3C2C)c1. The maximum atomic E-state index is 14.4. The summed E-state index contributed by atoms with van der Waals surface area (Å²) < 4.78 is 32.0. The van der Waals surface area contributed by atoms with Crippen LogP contribution in [0.3, 0.4) is 0 Å². The third-order valence-corrected chi connectivity index (χ3v) is 6.72. The minimum Gasteiger partial charge on any atom is -0.385 e. The highest BCUT2D eigenvalue weighted by Gasteiger charge is 2.27. The topological polar surface area (TPSA) is 81.1 Å². The number of nitrogens with zero attached hydrogens (tertiary/aromatic N) is 5. The van der Waals surface area contributed by atoms with E-state index < -0.39 is 16.6 Å². The predicted octanol–water partition coefficient (Wildman–Crippen LogP) is 3.34. The van der Waals surface area contributed by atoms with Crippen LogP contribution in [0.1, 0.15) is 30.6 Å². The smallest absolute Gasteiger partial charge is 0.197 e. The van der Waals surface area contributed by atoms with Crippen molar-refractivity contribution in [2.75, 3.05) is 30.9 Å². The summed E-state index contributed by atoms with van der Waals surface area (Å²) in [4.78, 5) is 20.2. The molecule has 2 unspecified atom stereocenters. The zero-order valence-corrected chi connectivity index (χ0v) is 18.3. The third kappa shape index (κ3) is 4.77. The lowest BCUT2D eigenvalue weighted by molar-refractivity contribution is 0.200. The van der Waals surface area contributed by atoms with Gasteiger partial charge in [0, 0.05) is 67.2 Å². The van der Waals surface area contributed by atoms with E-state index in [1.165, 1.54) is 12.1 Å². The first-order valence-electron chi connectivity index (χ1n) is 10.1. The number of benzene rings is 1. The van der Waals surface area contributed by atoms with Crippen molar-refractivity contribution in [2.24, 2.45) is 0 Å². The molecule has 1 aliphatic heterocycles. The second kappa shape index (κ2) is 9.57. The van der Waals surface area contributed by atoms with Gasteiger partial charge in [0.05, 0.1) is 22.5 Å². The van der Waals surface area contributed by atoms with Gasteiger partial charge in [0.15, 0.2) is 11.6 Å². The number of methoxy groups -OCH3 is 1. The molecule has 4 rings (SSSR count). The van der Waals surface area contributed by atoms with Gasteiger partial charge >= 0.3 is 0 Å². The van der Waals surface area contributed by atoms with Crippen LogP contribution in [-0.4, -0.2) is 50.2 Å². The Morgan fingerprint density at radius 2 is 2.00 bits per heavy atom. The van der Waals surface area contributed by atoms with Gasteiger partial charge in [-0.1, -0.05) is 0 Å². The fourth-order valence-corrected chi connectivity index (χ4v) is 4.85. The zero-order valence-electron chi connectivity index (χ0n) is 17.5. The quantitative estimate of drug-likeness (QED) is 0.520. The fraction of sp³-hybridized carbons (Fsp3) is 0.364. The van der Waals surface area contributed by atoms with Crippen molar-refractivity contribution in [1.82, 2.24) is 19.9 Å². The summed E-state index contributed by atoms with van der Waals surface area (Å²) in [5.41, 5.74) is 2.64. The predicted molar refractivity (Wildman–Crippen MR) is 117 cm³/mol. The molecule has 162 valence electrons. The van der Waals surface area contributed by atoms with Gasteiger partial charge in [-0.3, -0.25) is 4.21 Å². The highest BCUT2D eigenvalue weighted by Crippen LogP contribution is 2.34. The summed E-state index contributed by atoms with van der Waals surface area (Å²) in [6, 6.07) is 6.36. The van der Waals surface area contributed by atoms with Gasteiger partial charge in [-0.15, -0.1) is 0 Å². The van der Waals surface area contributed by atoms with Crippen molar-refractivity contribution in [3.05, 3.63) is 59.9 Å². The Hall–Kier alpha value is -2.78. The van der Waals surface area contributed by atoms with E-state index >= 15 is 0 Å². The zero-order chi connectivity index (χ0) is 21.8. The van der Waals surface area contributed by atoms with E-state index in [0.29, 0.717) is 54.0 Å². The Morgan fingerprint density at radius 1 is 1.19 bits per heavy atom. The van der Waals surface area contributed by atoms with Gasteiger partial charge in [0.2, 0.25) is 0 Å². The molecular weight excluding hydrogens is 417 g/mol. The average Bonchev–Trinajstić information content (AvgIpc) is 2.79. The lowest BCUT2D eigenvalue weighted by Gasteiger charge is -2.36. The molecule has 0 saturated heterocycles. The van der Waals surface area contributed by atoms with Crippen molar-refractivity contribution in [3.8, 4) is 11.6 Å². The fourth-order valence-electron chi connectivity index (χ4n) is 3.74. The molecule has 3 aromatic rings. The largest absolute Gasteiger partial charge is 0.385 e. The Bertz CT molecular complexity index is 1080. The van der Waals surface area contributed by atoms with Crippen LogP contribution in [0.15, 0.2) is 47.8 Å². The van der Waals surface area contributed by atoms with E-state index in [-0.39, 0.29) is 6.04 Å². The first-order valence-corrected chi connectivity index (χ1v) is 11.5. The summed E-state index contributed by atoms with van der Waals surface area (Å²) in [5, 5.41) is 0. The molecule has 0 saturated carbocycles. The number of aromatic nitrogens is 4. The maximum Gasteiger partial charge on any atom is 0.197 e. The highest BCUT2D eigenvalue weighted by atomic mass is 32.2. The molecule has 3 heterocycles. The maximum absolute atomic E-state index is 14.4. The summed E-state index contributed by atoms with van der Waals surface area (Å²) in [6.07, 6.45) is 6.47. The molecule has 7 nitrogen and oxygen atoms in total. The number of halogens is 1. The van der Waals surface area contributed by atoms with Gasteiger partial charge in [-0.05, 0) is 37.6 Å². The Kier molecular flexibility index (Phi) is 6.62. The Morgan fingerprint density at radius 3 is 2.77 bits per heavy atom. The van der Waals surface area contributed by atoms with Crippen LogP contribution in [0.5, 0.6) is 0 Å². The first-order chi connectivity index (χ1) is 15.1. The van der Waals surface area contributed by atoms with E-state index in [1.807, 2.05) is 13.0 Å². The van der Waals surface area contributed by atoms with E-state index in [4.69, 9.17) is 4.74 Å². The number of hydrogen-bond acceptors (Lipinski definition) is 7. The highest BCUT2D eigenvalue weighted by molar-refractivity contribution is 7.85. The number of ether oxygens (including phenoxy) is 1. The van der Waals surface area contributed by atoms with Crippen LogP contribution in [0.4, 0.5) is 10.1 Å². The summed E-state index contributed by atoms with van der Waals surface area (Å²) >= 11 is 0. The van der Waals surface area contributed by atoms with Gasteiger partial charge in [-0.25, -0.2) is 24.3 Å². The molecule has 0 radical (unpaired) electrons. The lowest BCUT2D eigenvalue weighted by Crippen LogP contribution is -2.35. The third-order valence-electron chi connectivity index (χ3n) is 5.30. The Balaban J connectivity index is 1.58. The van der Waals surface area contributed by atoms with E-state index in [0.717, 1.165) is 11.3 Å². The van der Waals surface area contributed by atoms with Crippen LogP contribution >= 0.6 is 0 Å². The minimum atomic E-state index is -1.28. The minimum absolute atomic E-state index is 0.0499. The molecule has 0 aliphatic carbocycles. The molecule has 0 spiro atoms. The van der Waals surface area contributed by atoms with Gasteiger partial charge in [0.25, 0.3) is 0 Å². The molecule has 0 bridgehead atoms. The number of hydrogen-bond donors (Lipinski definition) is 0. The van der Waals surface area contributed by atoms with Gasteiger partial charge < -0.3 is 9.64 Å². The summed E-state index contributed by atoms with van der Waals surface area (Å²) in [7, 11) is 0.334. The van der Waals surface area contributed by atoms with Crippen molar-refractivity contribution in [1.29, 1.82) is 0 Å². The van der Waals surface area contributed by atoms with E-state index in [9.17, 15) is 8.60 Å². The molecule has 0 amide bonds. The van der Waals surface area contributed by atoms with Crippen molar-refractivity contribution in [3.63, 3.8) is 0 Å². The van der Waals surface area contributed by atoms with Crippen molar-refractivity contribution < 1.29 is 13.3 Å². The van der Waals surface area contributed by atoms with Crippen LogP contribution in [0.25, 0.3) is 11.6 Å². The van der Waals surface area contributed by atoms with Crippen molar-refractivity contribution in [2.45, 2.75) is 30.7 Å². The van der Waals surface area contributed by atoms with Crippen LogP contribution in [0.2, 0.25) is 0 Å². The van der Waals surface area contributed by atoms with Gasteiger partial charge in [-0.2, -0.15) is 0 Å². The second-order valence-corrected chi connectivity index (χ2v) is 8.90. The molecule has 9 heteroatoms. The number of anilines is 1. The normalized spacial score (nSPS) is 16.7. The molecule has 31 heavy (non-hydrogen) atoms. The van der Waals surface area contributed by atoms with Crippen molar-refractivity contribution >= 4 is 16.5 Å². The second-order valence-electron chi connectivity index (χ2n) is 7.33. The lowest BCUT2D eigenvalue weighted by atomic mass is 9.98. The molecule has 1 aromatic carbocycles. The molecule has 1 aliphatic rings. The standard InChI is InChI=1S/C22H24FN5O2S/c1-15-19-14-26-22(21-24-6-3-7-25-21)27-20(19)5-8-28(15)17-11-16(23)12-18(13-17)31(29)10-4-9-30-2/h3,6-7,11-15H,4-5,8-10H2,1-2H3. The summed E-state index contributed by atoms with van der Waals surface area (Å²) in [5.74, 6) is 1.04. The molecule has 0 N–H and O–H groups in total.